The number of carbonyl (C=O) groups is 2. The van der Waals surface area contributed by atoms with E-state index in [1.807, 2.05) is 6.07 Å². The lowest BCUT2D eigenvalue weighted by Gasteiger charge is -2.14. The van der Waals surface area contributed by atoms with Gasteiger partial charge < -0.3 is 10.1 Å². The highest BCUT2D eigenvalue weighted by molar-refractivity contribution is 9.10. The molecule has 25 heavy (non-hydrogen) atoms. The van der Waals surface area contributed by atoms with Crippen LogP contribution in [0.2, 0.25) is 0 Å². The number of anilines is 1. The van der Waals surface area contributed by atoms with Gasteiger partial charge in [0.05, 0.1) is 16.6 Å². The Kier molecular flexibility index (Phi) is 5.04. The van der Waals surface area contributed by atoms with Gasteiger partial charge in [-0.3, -0.25) is 14.8 Å². The second kappa shape index (κ2) is 7.40. The number of nitrogens with one attached hydrogen (secondary N) is 1. The number of rotatable bonds is 4. The number of hydrogen-bond acceptors (Lipinski definition) is 5. The molecule has 1 amide bonds. The molecule has 1 atom stereocenters. The molecule has 0 fully saturated rings. The van der Waals surface area contributed by atoms with Crippen molar-refractivity contribution >= 4 is 44.5 Å². The molecule has 7 heteroatoms. The molecule has 1 heterocycles. The summed E-state index contributed by atoms with van der Waals surface area (Å²) in [4.78, 5) is 32.7. The third kappa shape index (κ3) is 4.19. The molecule has 0 aliphatic heterocycles. The van der Waals surface area contributed by atoms with Crippen molar-refractivity contribution < 1.29 is 14.3 Å². The minimum Gasteiger partial charge on any atom is -0.449 e. The van der Waals surface area contributed by atoms with Gasteiger partial charge in [0.25, 0.3) is 5.91 Å². The maximum atomic E-state index is 12.3. The van der Waals surface area contributed by atoms with Crippen molar-refractivity contribution in [3.63, 3.8) is 0 Å². The molecule has 0 saturated carbocycles. The minimum atomic E-state index is -0.941. The molecular formula is C18H14BrN3O3. The van der Waals surface area contributed by atoms with Crippen molar-refractivity contribution in [3.05, 3.63) is 64.9 Å². The van der Waals surface area contributed by atoms with Crippen LogP contribution in [0.4, 0.5) is 5.69 Å². The number of nitrogens with zero attached hydrogens (tertiary/aromatic N) is 2. The van der Waals surface area contributed by atoms with Crippen molar-refractivity contribution in [2.75, 3.05) is 5.32 Å². The Hall–Kier alpha value is -2.80. The molecule has 3 aromatic rings. The topological polar surface area (TPSA) is 81.2 Å². The van der Waals surface area contributed by atoms with Crippen LogP contribution >= 0.6 is 15.9 Å². The highest BCUT2D eigenvalue weighted by Crippen LogP contribution is 2.17. The Balaban J connectivity index is 1.67. The fourth-order valence-corrected chi connectivity index (χ4v) is 2.58. The molecule has 0 bridgehead atoms. The Morgan fingerprint density at radius 2 is 1.84 bits per heavy atom. The summed E-state index contributed by atoms with van der Waals surface area (Å²) in [7, 11) is 0. The number of benzene rings is 2. The number of aromatic nitrogens is 2. The third-order valence-corrected chi connectivity index (χ3v) is 3.94. The van der Waals surface area contributed by atoms with Gasteiger partial charge in [-0.1, -0.05) is 22.0 Å². The van der Waals surface area contributed by atoms with Crippen LogP contribution in [0, 0.1) is 0 Å². The normalized spacial score (nSPS) is 11.8. The SMILES string of the molecule is C[C@H](OC(=O)c1ccc2nccnc2c1)C(=O)Nc1cccc(Br)c1. The average Bonchev–Trinajstić information content (AvgIpc) is 2.61. The molecule has 0 radical (unpaired) electrons. The van der Waals surface area contributed by atoms with E-state index in [2.05, 4.69) is 31.2 Å². The fourth-order valence-electron chi connectivity index (χ4n) is 2.18. The number of fused-ring (bicyclic) bond motifs is 1. The lowest BCUT2D eigenvalue weighted by molar-refractivity contribution is -0.123. The molecule has 1 aromatic heterocycles. The highest BCUT2D eigenvalue weighted by atomic mass is 79.9. The van der Waals surface area contributed by atoms with Gasteiger partial charge in [0, 0.05) is 22.6 Å². The van der Waals surface area contributed by atoms with Crippen LogP contribution in [-0.2, 0) is 9.53 Å². The van der Waals surface area contributed by atoms with Crippen LogP contribution in [0.1, 0.15) is 17.3 Å². The Labute approximate surface area is 152 Å². The summed E-state index contributed by atoms with van der Waals surface area (Å²) in [6.45, 7) is 1.52. The Bertz CT molecular complexity index is 946. The first kappa shape index (κ1) is 17.0. The van der Waals surface area contributed by atoms with Crippen molar-refractivity contribution in [2.45, 2.75) is 13.0 Å². The van der Waals surface area contributed by atoms with E-state index in [1.165, 1.54) is 6.92 Å². The minimum absolute atomic E-state index is 0.315. The summed E-state index contributed by atoms with van der Waals surface area (Å²) in [5.74, 6) is -1.00. The van der Waals surface area contributed by atoms with Crippen molar-refractivity contribution in [3.8, 4) is 0 Å². The van der Waals surface area contributed by atoms with E-state index in [9.17, 15) is 9.59 Å². The summed E-state index contributed by atoms with van der Waals surface area (Å²) in [5, 5.41) is 2.70. The van der Waals surface area contributed by atoms with Gasteiger partial charge in [-0.15, -0.1) is 0 Å². The average molecular weight is 400 g/mol. The first-order chi connectivity index (χ1) is 12.0. The predicted octanol–water partition coefficient (Wildman–Crippen LogP) is 3.58. The molecule has 2 aromatic carbocycles. The van der Waals surface area contributed by atoms with E-state index in [0.717, 1.165) is 4.47 Å². The van der Waals surface area contributed by atoms with E-state index in [4.69, 9.17) is 4.74 Å². The molecule has 0 aliphatic carbocycles. The summed E-state index contributed by atoms with van der Waals surface area (Å²) in [6, 6.07) is 12.0. The quantitative estimate of drug-likeness (QED) is 0.678. The first-order valence-corrected chi connectivity index (χ1v) is 8.30. The van der Waals surface area contributed by atoms with Crippen LogP contribution in [0.5, 0.6) is 0 Å². The van der Waals surface area contributed by atoms with Crippen LogP contribution in [-0.4, -0.2) is 27.9 Å². The van der Waals surface area contributed by atoms with E-state index in [0.29, 0.717) is 22.3 Å². The molecule has 3 rings (SSSR count). The number of amides is 1. The van der Waals surface area contributed by atoms with Crippen molar-refractivity contribution in [1.82, 2.24) is 9.97 Å². The van der Waals surface area contributed by atoms with Gasteiger partial charge in [0.2, 0.25) is 0 Å². The smallest absolute Gasteiger partial charge is 0.338 e. The molecule has 0 saturated heterocycles. The summed E-state index contributed by atoms with van der Waals surface area (Å²) >= 11 is 3.33. The molecular weight excluding hydrogens is 386 g/mol. The zero-order valence-electron chi connectivity index (χ0n) is 13.3. The van der Waals surface area contributed by atoms with E-state index in [-0.39, 0.29) is 0 Å². The van der Waals surface area contributed by atoms with Crippen LogP contribution in [0.3, 0.4) is 0 Å². The maximum absolute atomic E-state index is 12.3. The molecule has 0 spiro atoms. The summed E-state index contributed by atoms with van der Waals surface area (Å²) < 4.78 is 6.08. The molecule has 1 N–H and O–H groups in total. The largest absolute Gasteiger partial charge is 0.449 e. The van der Waals surface area contributed by atoms with Gasteiger partial charge in [-0.2, -0.15) is 0 Å². The Morgan fingerprint density at radius 1 is 1.08 bits per heavy atom. The molecule has 6 nitrogen and oxygen atoms in total. The molecule has 126 valence electrons. The first-order valence-electron chi connectivity index (χ1n) is 7.51. The number of halogens is 1. The van der Waals surface area contributed by atoms with E-state index in [1.54, 1.807) is 48.8 Å². The van der Waals surface area contributed by atoms with Gasteiger partial charge in [-0.05, 0) is 43.3 Å². The third-order valence-electron chi connectivity index (χ3n) is 3.45. The zero-order valence-corrected chi connectivity index (χ0v) is 14.9. The monoisotopic (exact) mass is 399 g/mol. The van der Waals surface area contributed by atoms with Gasteiger partial charge in [0.15, 0.2) is 6.10 Å². The van der Waals surface area contributed by atoms with Crippen LogP contribution < -0.4 is 5.32 Å². The summed E-state index contributed by atoms with van der Waals surface area (Å²) in [5.41, 5.74) is 2.20. The fraction of sp³-hybridized carbons (Fsp3) is 0.111. The van der Waals surface area contributed by atoms with Crippen LogP contribution in [0.15, 0.2) is 59.3 Å². The second-order valence-corrected chi connectivity index (χ2v) is 6.22. The van der Waals surface area contributed by atoms with Gasteiger partial charge >= 0.3 is 5.97 Å². The van der Waals surface area contributed by atoms with Gasteiger partial charge in [-0.25, -0.2) is 4.79 Å². The van der Waals surface area contributed by atoms with Gasteiger partial charge in [0.1, 0.15) is 0 Å². The second-order valence-electron chi connectivity index (χ2n) is 5.31. The molecule has 0 aliphatic rings. The predicted molar refractivity (Wildman–Crippen MR) is 97.2 cm³/mol. The summed E-state index contributed by atoms with van der Waals surface area (Å²) in [6.07, 6.45) is 2.18. The van der Waals surface area contributed by atoms with E-state index >= 15 is 0 Å². The van der Waals surface area contributed by atoms with Crippen molar-refractivity contribution in [2.24, 2.45) is 0 Å². The number of ether oxygens (including phenoxy) is 1. The lowest BCUT2D eigenvalue weighted by atomic mass is 10.2. The number of hydrogen-bond donors (Lipinski definition) is 1. The maximum Gasteiger partial charge on any atom is 0.338 e. The highest BCUT2D eigenvalue weighted by Gasteiger charge is 2.19. The van der Waals surface area contributed by atoms with E-state index < -0.39 is 18.0 Å². The zero-order chi connectivity index (χ0) is 17.8. The number of carbonyl (C=O) groups excluding carboxylic acids is 2. The lowest BCUT2D eigenvalue weighted by Crippen LogP contribution is -2.30. The molecule has 0 unspecified atom stereocenters. The van der Waals surface area contributed by atoms with Crippen molar-refractivity contribution in [1.29, 1.82) is 0 Å². The standard InChI is InChI=1S/C18H14BrN3O3/c1-11(17(23)22-14-4-2-3-13(19)10-14)25-18(24)12-5-6-15-16(9-12)21-8-7-20-15/h2-11H,1H3,(H,22,23)/t11-/m0/s1. The van der Waals surface area contributed by atoms with Crippen LogP contribution in [0.25, 0.3) is 11.0 Å². The number of esters is 1. The Morgan fingerprint density at radius 3 is 2.60 bits per heavy atom.